The number of likely N-dealkylation sites (N-methyl/N-ethyl adjacent to an activating group) is 1. The molecule has 1 aromatic rings. The quantitative estimate of drug-likeness (QED) is 0.831. The number of hydrogen-bond acceptors (Lipinski definition) is 3. The third-order valence-corrected chi connectivity index (χ3v) is 4.25. The molecule has 118 valence electrons. The van der Waals surface area contributed by atoms with Crippen LogP contribution in [0.4, 0.5) is 4.39 Å². The van der Waals surface area contributed by atoms with E-state index in [2.05, 4.69) is 29.2 Å². The first kappa shape index (κ1) is 16.4. The number of nitrogens with zero attached hydrogens (tertiary/aromatic N) is 2. The van der Waals surface area contributed by atoms with Gasteiger partial charge < -0.3 is 15.1 Å². The summed E-state index contributed by atoms with van der Waals surface area (Å²) in [7, 11) is 4.26. The van der Waals surface area contributed by atoms with E-state index in [1.165, 1.54) is 44.6 Å². The van der Waals surface area contributed by atoms with E-state index < -0.39 is 0 Å². The van der Waals surface area contributed by atoms with Crippen molar-refractivity contribution in [3.05, 3.63) is 35.6 Å². The molecule has 0 amide bonds. The summed E-state index contributed by atoms with van der Waals surface area (Å²) in [5, 5.41) is 3.51. The number of halogens is 1. The van der Waals surface area contributed by atoms with Gasteiger partial charge in [-0.05, 0) is 70.2 Å². The second-order valence-electron chi connectivity index (χ2n) is 6.35. The molecule has 0 aromatic heterocycles. The minimum Gasteiger partial charge on any atom is -0.312 e. The fraction of sp³-hybridized carbons (Fsp3) is 0.647. The van der Waals surface area contributed by atoms with Crippen LogP contribution in [0.15, 0.2) is 24.3 Å². The van der Waals surface area contributed by atoms with Gasteiger partial charge in [0.05, 0.1) is 0 Å². The molecule has 1 saturated heterocycles. The molecule has 0 radical (unpaired) electrons. The Balaban J connectivity index is 1.59. The minimum absolute atomic E-state index is 0.163. The average molecular weight is 293 g/mol. The van der Waals surface area contributed by atoms with Crippen LogP contribution in [0, 0.1) is 11.7 Å². The third kappa shape index (κ3) is 6.12. The van der Waals surface area contributed by atoms with Crippen molar-refractivity contribution in [2.45, 2.75) is 19.4 Å². The van der Waals surface area contributed by atoms with E-state index in [0.717, 1.165) is 31.1 Å². The molecule has 1 aromatic carbocycles. The zero-order valence-electron chi connectivity index (χ0n) is 13.3. The lowest BCUT2D eigenvalue weighted by Gasteiger charge is -2.32. The fourth-order valence-electron chi connectivity index (χ4n) is 2.78. The highest BCUT2D eigenvalue weighted by molar-refractivity contribution is 5.15. The van der Waals surface area contributed by atoms with Crippen molar-refractivity contribution < 1.29 is 4.39 Å². The number of benzene rings is 1. The Hall–Kier alpha value is -0.970. The van der Waals surface area contributed by atoms with Crippen LogP contribution >= 0.6 is 0 Å². The lowest BCUT2D eigenvalue weighted by molar-refractivity contribution is 0.169. The predicted octanol–water partition coefficient (Wildman–Crippen LogP) is 2.19. The molecule has 1 aliphatic heterocycles. The summed E-state index contributed by atoms with van der Waals surface area (Å²) >= 11 is 0. The summed E-state index contributed by atoms with van der Waals surface area (Å²) in [5.41, 5.74) is 1.15. The highest BCUT2D eigenvalue weighted by atomic mass is 19.1. The third-order valence-electron chi connectivity index (χ3n) is 4.25. The van der Waals surface area contributed by atoms with Crippen LogP contribution in [0.2, 0.25) is 0 Å². The van der Waals surface area contributed by atoms with Crippen LogP contribution < -0.4 is 5.32 Å². The lowest BCUT2D eigenvalue weighted by atomic mass is 9.96. The molecule has 1 heterocycles. The average Bonchev–Trinajstić information content (AvgIpc) is 2.48. The number of rotatable bonds is 7. The number of likely N-dealkylation sites (tertiary alicyclic amines) is 1. The first-order chi connectivity index (χ1) is 10.1. The van der Waals surface area contributed by atoms with Gasteiger partial charge >= 0.3 is 0 Å². The monoisotopic (exact) mass is 293 g/mol. The van der Waals surface area contributed by atoms with Gasteiger partial charge in [-0.1, -0.05) is 12.1 Å². The van der Waals surface area contributed by atoms with Crippen LogP contribution in [0.1, 0.15) is 18.4 Å². The van der Waals surface area contributed by atoms with Gasteiger partial charge in [0, 0.05) is 19.6 Å². The lowest BCUT2D eigenvalue weighted by Crippen LogP contribution is -2.40. The Morgan fingerprint density at radius 1 is 1.19 bits per heavy atom. The molecule has 0 atom stereocenters. The van der Waals surface area contributed by atoms with Crippen LogP contribution in [-0.4, -0.2) is 56.6 Å². The molecule has 4 heteroatoms. The van der Waals surface area contributed by atoms with Crippen molar-refractivity contribution in [2.75, 3.05) is 46.8 Å². The zero-order valence-corrected chi connectivity index (χ0v) is 13.3. The van der Waals surface area contributed by atoms with Gasteiger partial charge in [-0.15, -0.1) is 0 Å². The molecule has 2 rings (SSSR count). The second-order valence-corrected chi connectivity index (χ2v) is 6.35. The number of hydrogen-bond donors (Lipinski definition) is 1. The molecular weight excluding hydrogens is 265 g/mol. The topological polar surface area (TPSA) is 18.5 Å². The van der Waals surface area contributed by atoms with Crippen LogP contribution in [0.25, 0.3) is 0 Å². The molecule has 0 bridgehead atoms. The molecule has 0 spiro atoms. The van der Waals surface area contributed by atoms with Gasteiger partial charge in [-0.25, -0.2) is 4.39 Å². The van der Waals surface area contributed by atoms with E-state index >= 15 is 0 Å². The summed E-state index contributed by atoms with van der Waals surface area (Å²) in [6.07, 6.45) is 2.56. The molecule has 0 unspecified atom stereocenters. The number of piperidine rings is 1. The van der Waals surface area contributed by atoms with Gasteiger partial charge in [0.25, 0.3) is 0 Å². The summed E-state index contributed by atoms with van der Waals surface area (Å²) < 4.78 is 12.8. The van der Waals surface area contributed by atoms with E-state index in [4.69, 9.17) is 0 Å². The van der Waals surface area contributed by atoms with E-state index in [1.54, 1.807) is 0 Å². The van der Waals surface area contributed by atoms with E-state index in [9.17, 15) is 4.39 Å². The molecule has 1 fully saturated rings. The summed E-state index contributed by atoms with van der Waals surface area (Å²) in [6.45, 7) is 6.67. The summed E-state index contributed by atoms with van der Waals surface area (Å²) in [5.74, 6) is 0.616. The minimum atomic E-state index is -0.163. The Labute approximate surface area is 128 Å². The van der Waals surface area contributed by atoms with Crippen molar-refractivity contribution in [2.24, 2.45) is 5.92 Å². The first-order valence-corrected chi connectivity index (χ1v) is 7.96. The standard InChI is InChI=1S/C17H28FN3/c1-20(2)11-12-21-9-7-16(8-10-21)14-19-13-15-3-5-17(18)6-4-15/h3-6,16,19H,7-14H2,1-2H3. The Bertz CT molecular complexity index is 397. The molecule has 0 aliphatic carbocycles. The second kappa shape index (κ2) is 8.47. The summed E-state index contributed by atoms with van der Waals surface area (Å²) in [6, 6.07) is 6.76. The van der Waals surface area contributed by atoms with Gasteiger partial charge in [0.15, 0.2) is 0 Å². The maximum atomic E-state index is 12.8. The largest absolute Gasteiger partial charge is 0.312 e. The first-order valence-electron chi connectivity index (χ1n) is 7.96. The van der Waals surface area contributed by atoms with Gasteiger partial charge in [0.1, 0.15) is 5.82 Å². The van der Waals surface area contributed by atoms with E-state index in [0.29, 0.717) is 0 Å². The SMILES string of the molecule is CN(C)CCN1CCC(CNCc2ccc(F)cc2)CC1. The highest BCUT2D eigenvalue weighted by Crippen LogP contribution is 2.16. The van der Waals surface area contributed by atoms with Crippen molar-refractivity contribution in [3.8, 4) is 0 Å². The maximum Gasteiger partial charge on any atom is 0.123 e. The molecular formula is C17H28FN3. The molecule has 3 nitrogen and oxygen atoms in total. The molecule has 0 saturated carbocycles. The highest BCUT2D eigenvalue weighted by Gasteiger charge is 2.18. The van der Waals surface area contributed by atoms with Crippen molar-refractivity contribution in [1.29, 1.82) is 0 Å². The van der Waals surface area contributed by atoms with Crippen LogP contribution in [0.5, 0.6) is 0 Å². The number of nitrogens with one attached hydrogen (secondary N) is 1. The van der Waals surface area contributed by atoms with Crippen molar-refractivity contribution in [3.63, 3.8) is 0 Å². The van der Waals surface area contributed by atoms with Crippen molar-refractivity contribution in [1.82, 2.24) is 15.1 Å². The zero-order chi connectivity index (χ0) is 15.1. The molecule has 1 N–H and O–H groups in total. The van der Waals surface area contributed by atoms with Gasteiger partial charge in [-0.3, -0.25) is 0 Å². The van der Waals surface area contributed by atoms with Crippen LogP contribution in [0.3, 0.4) is 0 Å². The Kier molecular flexibility index (Phi) is 6.61. The normalized spacial score (nSPS) is 17.5. The fourth-order valence-corrected chi connectivity index (χ4v) is 2.78. The van der Waals surface area contributed by atoms with Crippen LogP contribution in [-0.2, 0) is 6.54 Å². The Morgan fingerprint density at radius 2 is 1.86 bits per heavy atom. The van der Waals surface area contributed by atoms with E-state index in [1.807, 2.05) is 12.1 Å². The molecule has 1 aliphatic rings. The van der Waals surface area contributed by atoms with Gasteiger partial charge in [0.2, 0.25) is 0 Å². The maximum absolute atomic E-state index is 12.8. The van der Waals surface area contributed by atoms with Gasteiger partial charge in [-0.2, -0.15) is 0 Å². The van der Waals surface area contributed by atoms with E-state index in [-0.39, 0.29) is 5.82 Å². The Morgan fingerprint density at radius 3 is 2.48 bits per heavy atom. The molecule has 21 heavy (non-hydrogen) atoms. The smallest absolute Gasteiger partial charge is 0.123 e. The predicted molar refractivity (Wildman–Crippen MR) is 85.8 cm³/mol. The van der Waals surface area contributed by atoms with Crippen molar-refractivity contribution >= 4 is 0 Å². The summed E-state index contributed by atoms with van der Waals surface area (Å²) in [4.78, 5) is 4.81.